The molecule has 1 N–H and O–H groups in total. The molecule has 10 heteroatoms. The second-order valence-electron chi connectivity index (χ2n) is 6.88. The Kier molecular flexibility index (Phi) is 6.28. The maximum atomic E-state index is 13.2. The first kappa shape index (κ1) is 22.4. The number of halogens is 3. The SMILES string of the molecule is CC(=O)SCC(=O)c1ccc(NS(=O)(=O)c2ccc3c(c2)C(C(F)(F)F)CC3)cc1. The number of thioether (sulfide) groups is 1. The molecule has 3 rings (SSSR count). The molecule has 5 nitrogen and oxygen atoms in total. The van der Waals surface area contributed by atoms with Crippen LogP contribution in [0.4, 0.5) is 18.9 Å². The van der Waals surface area contributed by atoms with Gasteiger partial charge in [0.05, 0.1) is 16.6 Å². The zero-order chi connectivity index (χ0) is 22.1. The number of Topliss-reactive ketones (excluding diaryl/α,β-unsaturated/α-hetero) is 1. The summed E-state index contributed by atoms with van der Waals surface area (Å²) >= 11 is 0.877. The van der Waals surface area contributed by atoms with Gasteiger partial charge in [0.25, 0.3) is 10.0 Å². The fourth-order valence-electron chi connectivity index (χ4n) is 3.28. The molecule has 0 aromatic heterocycles. The minimum atomic E-state index is -4.43. The van der Waals surface area contributed by atoms with Crippen molar-refractivity contribution in [1.29, 1.82) is 0 Å². The molecule has 0 bridgehead atoms. The number of alkyl halides is 3. The molecule has 0 aliphatic heterocycles. The van der Waals surface area contributed by atoms with Crippen molar-refractivity contribution in [1.82, 2.24) is 0 Å². The van der Waals surface area contributed by atoms with Crippen LogP contribution in [0.5, 0.6) is 0 Å². The van der Waals surface area contributed by atoms with Crippen LogP contribution in [0.1, 0.15) is 40.7 Å². The molecule has 0 heterocycles. The van der Waals surface area contributed by atoms with Crippen molar-refractivity contribution in [2.45, 2.75) is 36.8 Å². The number of ketones is 1. The number of hydrogen-bond donors (Lipinski definition) is 1. The first-order chi connectivity index (χ1) is 14.0. The summed E-state index contributed by atoms with van der Waals surface area (Å²) in [5.41, 5.74) is 0.979. The minimum Gasteiger partial charge on any atom is -0.293 e. The summed E-state index contributed by atoms with van der Waals surface area (Å²) < 4.78 is 67.2. The van der Waals surface area contributed by atoms with Gasteiger partial charge in [-0.1, -0.05) is 17.8 Å². The fraction of sp³-hybridized carbons (Fsp3) is 0.300. The van der Waals surface area contributed by atoms with E-state index in [-0.39, 0.29) is 45.6 Å². The van der Waals surface area contributed by atoms with E-state index in [1.165, 1.54) is 43.3 Å². The molecule has 0 fully saturated rings. The van der Waals surface area contributed by atoms with Crippen molar-refractivity contribution in [3.8, 4) is 0 Å². The number of sulfonamides is 1. The van der Waals surface area contributed by atoms with Gasteiger partial charge in [-0.15, -0.1) is 0 Å². The van der Waals surface area contributed by atoms with E-state index in [9.17, 15) is 31.2 Å². The molecule has 160 valence electrons. The standard InChI is InChI=1S/C20H18F3NO4S2/c1-12(25)29-11-19(26)14-2-6-15(7-3-14)24-30(27,28)16-8-4-13-5-9-18(17(13)10-16)20(21,22)23/h2-4,6-8,10,18,24H,5,9,11H2,1H3. The lowest BCUT2D eigenvalue weighted by molar-refractivity contribution is -0.149. The van der Waals surface area contributed by atoms with Crippen molar-refractivity contribution in [2.75, 3.05) is 10.5 Å². The van der Waals surface area contributed by atoms with Gasteiger partial charge in [0.15, 0.2) is 10.9 Å². The van der Waals surface area contributed by atoms with E-state index in [0.29, 0.717) is 11.1 Å². The van der Waals surface area contributed by atoms with Gasteiger partial charge in [-0.2, -0.15) is 13.2 Å². The smallest absolute Gasteiger partial charge is 0.293 e. The summed E-state index contributed by atoms with van der Waals surface area (Å²) in [6, 6.07) is 9.40. The number of hydrogen-bond acceptors (Lipinski definition) is 5. The summed E-state index contributed by atoms with van der Waals surface area (Å²) in [5, 5.41) is -0.185. The quantitative estimate of drug-likeness (QED) is 0.644. The number of nitrogens with one attached hydrogen (secondary N) is 1. The number of aryl methyl sites for hydroxylation is 1. The van der Waals surface area contributed by atoms with Crippen molar-refractivity contribution in [2.24, 2.45) is 0 Å². The van der Waals surface area contributed by atoms with Gasteiger partial charge in [0, 0.05) is 18.2 Å². The van der Waals surface area contributed by atoms with E-state index in [1.807, 2.05) is 0 Å². The van der Waals surface area contributed by atoms with Gasteiger partial charge >= 0.3 is 6.18 Å². The Hall–Kier alpha value is -2.33. The maximum absolute atomic E-state index is 13.2. The van der Waals surface area contributed by atoms with Crippen LogP contribution in [0.25, 0.3) is 0 Å². The number of rotatable bonds is 6. The third-order valence-corrected chi connectivity index (χ3v) is 6.96. The van der Waals surface area contributed by atoms with Crippen LogP contribution in [-0.2, 0) is 21.2 Å². The molecule has 1 unspecified atom stereocenters. The van der Waals surface area contributed by atoms with Crippen molar-refractivity contribution in [3.05, 3.63) is 59.2 Å². The number of carbonyl (C=O) groups excluding carboxylic acids is 2. The van der Waals surface area contributed by atoms with Gasteiger partial charge in [-0.25, -0.2) is 8.42 Å². The molecule has 1 atom stereocenters. The molecular formula is C20H18F3NO4S2. The highest BCUT2D eigenvalue weighted by atomic mass is 32.2. The van der Waals surface area contributed by atoms with Crippen LogP contribution in [-0.4, -0.2) is 31.2 Å². The first-order valence-electron chi connectivity index (χ1n) is 8.96. The molecule has 1 aliphatic carbocycles. The van der Waals surface area contributed by atoms with E-state index in [2.05, 4.69) is 4.72 Å². The Labute approximate surface area is 176 Å². The normalized spacial score (nSPS) is 16.2. The molecule has 0 spiro atoms. The summed E-state index contributed by atoms with van der Waals surface area (Å²) in [6.07, 6.45) is -4.26. The molecule has 0 amide bonds. The van der Waals surface area contributed by atoms with Crippen molar-refractivity contribution >= 4 is 38.4 Å². The van der Waals surface area contributed by atoms with Gasteiger partial charge < -0.3 is 0 Å². The largest absolute Gasteiger partial charge is 0.395 e. The zero-order valence-corrected chi connectivity index (χ0v) is 17.5. The van der Waals surface area contributed by atoms with E-state index in [0.717, 1.165) is 17.8 Å². The van der Waals surface area contributed by atoms with E-state index in [4.69, 9.17) is 0 Å². The Morgan fingerprint density at radius 2 is 1.80 bits per heavy atom. The Balaban J connectivity index is 1.77. The van der Waals surface area contributed by atoms with Crippen LogP contribution in [0.3, 0.4) is 0 Å². The number of carbonyl (C=O) groups is 2. The third-order valence-electron chi connectivity index (χ3n) is 4.77. The van der Waals surface area contributed by atoms with E-state index < -0.39 is 22.1 Å². The molecule has 0 saturated heterocycles. The van der Waals surface area contributed by atoms with Crippen molar-refractivity contribution < 1.29 is 31.2 Å². The predicted molar refractivity (Wildman–Crippen MR) is 108 cm³/mol. The molecule has 2 aromatic carbocycles. The molecule has 1 aliphatic rings. The van der Waals surface area contributed by atoms with E-state index in [1.54, 1.807) is 0 Å². The monoisotopic (exact) mass is 457 g/mol. The molecule has 2 aromatic rings. The molecule has 0 saturated carbocycles. The topological polar surface area (TPSA) is 80.3 Å². The zero-order valence-electron chi connectivity index (χ0n) is 15.8. The van der Waals surface area contributed by atoms with Gasteiger partial charge in [-0.3, -0.25) is 14.3 Å². The first-order valence-corrected chi connectivity index (χ1v) is 11.4. The Morgan fingerprint density at radius 1 is 1.13 bits per heavy atom. The number of fused-ring (bicyclic) bond motifs is 1. The summed E-state index contributed by atoms with van der Waals surface area (Å²) in [5.74, 6) is -1.96. The minimum absolute atomic E-state index is 0.00529. The summed E-state index contributed by atoms with van der Waals surface area (Å²) in [6.45, 7) is 1.35. The highest BCUT2D eigenvalue weighted by molar-refractivity contribution is 8.14. The van der Waals surface area contributed by atoms with Gasteiger partial charge in [0.2, 0.25) is 0 Å². The van der Waals surface area contributed by atoms with Crippen molar-refractivity contribution in [3.63, 3.8) is 0 Å². The van der Waals surface area contributed by atoms with Crippen LogP contribution < -0.4 is 4.72 Å². The third kappa shape index (κ3) is 5.04. The highest BCUT2D eigenvalue weighted by Gasteiger charge is 2.44. The second-order valence-corrected chi connectivity index (χ2v) is 9.71. The van der Waals surface area contributed by atoms with Gasteiger partial charge in [0.1, 0.15) is 0 Å². The Bertz CT molecular complexity index is 1080. The van der Waals surface area contributed by atoms with Gasteiger partial charge in [-0.05, 0) is 60.4 Å². The number of benzene rings is 2. The average Bonchev–Trinajstić information content (AvgIpc) is 3.10. The van der Waals surface area contributed by atoms with Crippen LogP contribution >= 0.6 is 11.8 Å². The Morgan fingerprint density at radius 3 is 2.40 bits per heavy atom. The number of anilines is 1. The second kappa shape index (κ2) is 8.43. The average molecular weight is 457 g/mol. The molecule has 30 heavy (non-hydrogen) atoms. The fourth-order valence-corrected chi connectivity index (χ4v) is 4.87. The molecular weight excluding hydrogens is 439 g/mol. The molecule has 0 radical (unpaired) electrons. The highest BCUT2D eigenvalue weighted by Crippen LogP contribution is 2.45. The van der Waals surface area contributed by atoms with E-state index >= 15 is 0 Å². The lowest BCUT2D eigenvalue weighted by atomic mass is 10.0. The van der Waals surface area contributed by atoms with Crippen LogP contribution in [0, 0.1) is 0 Å². The summed E-state index contributed by atoms with van der Waals surface area (Å²) in [4.78, 5) is 22.7. The van der Waals surface area contributed by atoms with Crippen LogP contribution in [0.2, 0.25) is 0 Å². The predicted octanol–water partition coefficient (Wildman–Crippen LogP) is 4.54. The summed E-state index contributed by atoms with van der Waals surface area (Å²) in [7, 11) is -4.11. The lowest BCUT2D eigenvalue weighted by Crippen LogP contribution is -2.19. The maximum Gasteiger partial charge on any atom is 0.395 e. The van der Waals surface area contributed by atoms with Crippen LogP contribution in [0.15, 0.2) is 47.4 Å². The lowest BCUT2D eigenvalue weighted by Gasteiger charge is -2.16.